The molecule has 2 N–H and O–H groups in total. The molecule has 0 aliphatic rings. The fraction of sp³-hybridized carbons (Fsp3) is 0.571. The Kier molecular flexibility index (Phi) is 6.91. The van der Waals surface area contributed by atoms with E-state index in [0.29, 0.717) is 6.61 Å². The zero-order chi connectivity index (χ0) is 14.3. The molecule has 2 atom stereocenters. The highest BCUT2D eigenvalue weighted by Gasteiger charge is 2.15. The van der Waals surface area contributed by atoms with E-state index in [1.54, 1.807) is 7.11 Å². The first-order valence-electron chi connectivity index (χ1n) is 6.43. The summed E-state index contributed by atoms with van der Waals surface area (Å²) >= 11 is 0. The Balaban J connectivity index is 2.58. The fourth-order valence-electron chi connectivity index (χ4n) is 1.95. The van der Waals surface area contributed by atoms with E-state index < -0.39 is 17.7 Å². The molecule has 0 aliphatic heterocycles. The van der Waals surface area contributed by atoms with E-state index in [1.165, 1.54) is 0 Å². The van der Waals surface area contributed by atoms with Gasteiger partial charge in [0.2, 0.25) is 0 Å². The van der Waals surface area contributed by atoms with Crippen molar-refractivity contribution in [3.05, 3.63) is 35.4 Å². The lowest BCUT2D eigenvalue weighted by molar-refractivity contribution is 0.133. The van der Waals surface area contributed by atoms with Crippen LogP contribution >= 0.6 is 0 Å². The molecule has 0 spiro atoms. The lowest BCUT2D eigenvalue weighted by Crippen LogP contribution is -2.36. The minimum atomic E-state index is -1.08. The van der Waals surface area contributed by atoms with Gasteiger partial charge in [-0.3, -0.25) is 0 Å². The number of aliphatic hydroxyl groups excluding tert-OH is 1. The lowest BCUT2D eigenvalue weighted by atomic mass is 10.1. The number of ether oxygens (including phenoxy) is 1. The summed E-state index contributed by atoms with van der Waals surface area (Å²) in [7, 11) is 1.60. The van der Waals surface area contributed by atoms with Crippen molar-refractivity contribution in [3.8, 4) is 0 Å². The van der Waals surface area contributed by atoms with Gasteiger partial charge in [0.25, 0.3) is 0 Å². The van der Waals surface area contributed by atoms with Gasteiger partial charge in [-0.05, 0) is 24.6 Å². The highest BCUT2D eigenvalue weighted by atomic mass is 19.1. The van der Waals surface area contributed by atoms with E-state index in [-0.39, 0.29) is 18.2 Å². The van der Waals surface area contributed by atoms with E-state index in [1.807, 2.05) is 6.92 Å². The van der Waals surface area contributed by atoms with Crippen LogP contribution in [0, 0.1) is 11.6 Å². The van der Waals surface area contributed by atoms with Crippen LogP contribution in [-0.2, 0) is 4.74 Å². The molecule has 0 saturated heterocycles. The van der Waals surface area contributed by atoms with Gasteiger partial charge >= 0.3 is 0 Å². The van der Waals surface area contributed by atoms with Crippen molar-refractivity contribution in [1.82, 2.24) is 5.32 Å². The summed E-state index contributed by atoms with van der Waals surface area (Å²) in [5.74, 6) is -1.16. The molecule has 2 unspecified atom stereocenters. The van der Waals surface area contributed by atoms with Crippen molar-refractivity contribution in [2.75, 3.05) is 20.3 Å². The van der Waals surface area contributed by atoms with Gasteiger partial charge in [-0.2, -0.15) is 0 Å². The van der Waals surface area contributed by atoms with Crippen LogP contribution in [0.15, 0.2) is 18.2 Å². The van der Waals surface area contributed by atoms with Crippen LogP contribution in [0.2, 0.25) is 0 Å². The molecule has 0 saturated carbocycles. The van der Waals surface area contributed by atoms with Gasteiger partial charge in [-0.1, -0.05) is 13.3 Å². The molecule has 0 radical (unpaired) electrons. The third-order valence-electron chi connectivity index (χ3n) is 2.92. The van der Waals surface area contributed by atoms with Gasteiger partial charge in [0.1, 0.15) is 11.6 Å². The van der Waals surface area contributed by atoms with Crippen LogP contribution < -0.4 is 5.32 Å². The van der Waals surface area contributed by atoms with E-state index in [2.05, 4.69) is 5.32 Å². The quantitative estimate of drug-likeness (QED) is 0.764. The largest absolute Gasteiger partial charge is 0.387 e. The number of nitrogens with one attached hydrogen (secondary N) is 1. The molecule has 1 aromatic carbocycles. The van der Waals surface area contributed by atoms with E-state index >= 15 is 0 Å². The lowest BCUT2D eigenvalue weighted by Gasteiger charge is -2.20. The van der Waals surface area contributed by atoms with Gasteiger partial charge in [-0.15, -0.1) is 0 Å². The average Bonchev–Trinajstić information content (AvgIpc) is 2.39. The zero-order valence-corrected chi connectivity index (χ0v) is 11.3. The molecule has 1 rings (SSSR count). The van der Waals surface area contributed by atoms with E-state index in [4.69, 9.17) is 4.74 Å². The number of methoxy groups -OCH3 is 1. The summed E-state index contributed by atoms with van der Waals surface area (Å²) in [6, 6.07) is 3.17. The fourth-order valence-corrected chi connectivity index (χ4v) is 1.95. The number of hydrogen-bond acceptors (Lipinski definition) is 3. The minimum Gasteiger partial charge on any atom is -0.387 e. The molecule has 19 heavy (non-hydrogen) atoms. The molecule has 0 aromatic heterocycles. The summed E-state index contributed by atoms with van der Waals surface area (Å²) in [6.45, 7) is 2.73. The maximum absolute atomic E-state index is 13.5. The third-order valence-corrected chi connectivity index (χ3v) is 2.92. The first-order valence-corrected chi connectivity index (χ1v) is 6.43. The normalized spacial score (nSPS) is 14.4. The first-order chi connectivity index (χ1) is 9.08. The third kappa shape index (κ3) is 5.22. The monoisotopic (exact) mass is 273 g/mol. The second kappa shape index (κ2) is 8.19. The molecule has 3 nitrogen and oxygen atoms in total. The standard InChI is InChI=1S/C14H21F2NO2/c1-3-4-11(9-19-2)17-8-14(18)12-7-10(15)5-6-13(12)16/h5-7,11,14,17-18H,3-4,8-9H2,1-2H3. The Labute approximate surface area is 112 Å². The first kappa shape index (κ1) is 16.0. The maximum Gasteiger partial charge on any atom is 0.129 e. The van der Waals surface area contributed by atoms with Crippen molar-refractivity contribution < 1.29 is 18.6 Å². The maximum atomic E-state index is 13.5. The number of hydrogen-bond donors (Lipinski definition) is 2. The SMILES string of the molecule is CCCC(COC)NCC(O)c1cc(F)ccc1F. The molecule has 5 heteroatoms. The molecule has 0 heterocycles. The number of halogens is 2. The van der Waals surface area contributed by atoms with Crippen LogP contribution in [0.3, 0.4) is 0 Å². The second-order valence-electron chi connectivity index (χ2n) is 4.53. The van der Waals surface area contributed by atoms with Gasteiger partial charge in [0.05, 0.1) is 12.7 Å². The van der Waals surface area contributed by atoms with Crippen molar-refractivity contribution in [2.45, 2.75) is 31.9 Å². The predicted octanol–water partition coefficient (Wildman–Crippen LogP) is 2.40. The highest BCUT2D eigenvalue weighted by Crippen LogP contribution is 2.18. The number of rotatable bonds is 8. The van der Waals surface area contributed by atoms with Crippen molar-refractivity contribution in [1.29, 1.82) is 0 Å². The highest BCUT2D eigenvalue weighted by molar-refractivity contribution is 5.21. The predicted molar refractivity (Wildman–Crippen MR) is 69.9 cm³/mol. The minimum absolute atomic E-state index is 0.0276. The average molecular weight is 273 g/mol. The second-order valence-corrected chi connectivity index (χ2v) is 4.53. The van der Waals surface area contributed by atoms with Crippen LogP contribution in [0.4, 0.5) is 8.78 Å². The Morgan fingerprint density at radius 2 is 2.11 bits per heavy atom. The van der Waals surface area contributed by atoms with E-state index in [0.717, 1.165) is 31.0 Å². The van der Waals surface area contributed by atoms with Gasteiger partial charge in [0, 0.05) is 25.3 Å². The molecule has 0 fully saturated rings. The Hall–Kier alpha value is -1.04. The molecular formula is C14H21F2NO2. The smallest absolute Gasteiger partial charge is 0.129 e. The van der Waals surface area contributed by atoms with Crippen LogP contribution in [0.25, 0.3) is 0 Å². The van der Waals surface area contributed by atoms with Gasteiger partial charge < -0.3 is 15.2 Å². The molecule has 1 aromatic rings. The summed E-state index contributed by atoms with van der Waals surface area (Å²) in [5, 5.41) is 13.0. The molecule has 108 valence electrons. The van der Waals surface area contributed by atoms with Gasteiger partial charge in [-0.25, -0.2) is 8.78 Å². The number of aliphatic hydroxyl groups is 1. The van der Waals surface area contributed by atoms with Crippen molar-refractivity contribution >= 4 is 0 Å². The van der Waals surface area contributed by atoms with Gasteiger partial charge in [0.15, 0.2) is 0 Å². The number of benzene rings is 1. The molecule has 0 aliphatic carbocycles. The Bertz CT molecular complexity index is 382. The molecule has 0 amide bonds. The molecular weight excluding hydrogens is 252 g/mol. The topological polar surface area (TPSA) is 41.5 Å². The van der Waals surface area contributed by atoms with Crippen molar-refractivity contribution in [2.24, 2.45) is 0 Å². The van der Waals surface area contributed by atoms with E-state index in [9.17, 15) is 13.9 Å². The molecule has 0 bridgehead atoms. The van der Waals surface area contributed by atoms with Crippen molar-refractivity contribution in [3.63, 3.8) is 0 Å². The van der Waals surface area contributed by atoms with Crippen LogP contribution in [-0.4, -0.2) is 31.4 Å². The Morgan fingerprint density at radius 3 is 2.74 bits per heavy atom. The summed E-state index contributed by atoms with van der Waals surface area (Å²) in [4.78, 5) is 0. The summed E-state index contributed by atoms with van der Waals surface area (Å²) in [5.41, 5.74) is -0.0276. The summed E-state index contributed by atoms with van der Waals surface area (Å²) in [6.07, 6.45) is 0.796. The summed E-state index contributed by atoms with van der Waals surface area (Å²) < 4.78 is 31.6. The Morgan fingerprint density at radius 1 is 1.37 bits per heavy atom. The zero-order valence-electron chi connectivity index (χ0n) is 11.3. The van der Waals surface area contributed by atoms with Crippen LogP contribution in [0.5, 0.6) is 0 Å². The van der Waals surface area contributed by atoms with Crippen LogP contribution in [0.1, 0.15) is 31.4 Å².